The molecule has 0 aliphatic heterocycles. The summed E-state index contributed by atoms with van der Waals surface area (Å²) in [5.74, 6) is -2.77. The van der Waals surface area contributed by atoms with Gasteiger partial charge in [0.15, 0.2) is 0 Å². The van der Waals surface area contributed by atoms with Crippen LogP contribution < -0.4 is 17.2 Å². The van der Waals surface area contributed by atoms with Gasteiger partial charge in [0.05, 0.1) is 5.92 Å². The minimum Gasteiger partial charge on any atom is -0.372 e. The van der Waals surface area contributed by atoms with Crippen molar-refractivity contribution in [3.8, 4) is 12.5 Å². The number of nitrogens with two attached hydrogens (primary N) is 3. The highest BCUT2D eigenvalue weighted by molar-refractivity contribution is 5.79. The van der Waals surface area contributed by atoms with Gasteiger partial charge in [-0.3, -0.25) is 22.0 Å². The maximum atomic E-state index is 11.7. The Balaban J connectivity index is 3.31. The van der Waals surface area contributed by atoms with Gasteiger partial charge in [0.1, 0.15) is 11.9 Å². The van der Waals surface area contributed by atoms with E-state index in [-0.39, 0.29) is 0 Å². The molecule has 1 aromatic carbocycles. The molecule has 0 heterocycles. The quantitative estimate of drug-likeness (QED) is 0.416. The number of esters is 1. The Bertz CT molecular complexity index is 539. The summed E-state index contributed by atoms with van der Waals surface area (Å²) in [4.78, 5) is 11.7. The third-order valence-corrected chi connectivity index (χ3v) is 2.76. The lowest BCUT2D eigenvalue weighted by molar-refractivity contribution is -0.138. The van der Waals surface area contributed by atoms with Gasteiger partial charge in [-0.2, -0.15) is 0 Å². The highest BCUT2D eigenvalue weighted by Gasteiger charge is 2.26. The minimum absolute atomic E-state index is 0.436. The lowest BCUT2D eigenvalue weighted by Crippen LogP contribution is -2.55. The lowest BCUT2D eigenvalue weighted by atomic mass is 9.91. The molecule has 1 rings (SSSR count). The van der Waals surface area contributed by atoms with Gasteiger partial charge in [-0.1, -0.05) is 31.2 Å². The van der Waals surface area contributed by atoms with Crippen LogP contribution in [0.1, 0.15) is 29.5 Å². The van der Waals surface area contributed by atoms with Crippen LogP contribution in [0, 0.1) is 12.5 Å². The van der Waals surface area contributed by atoms with Crippen molar-refractivity contribution < 1.29 is 9.53 Å². The molecule has 100 valence electrons. The molecule has 1 aromatic rings. The van der Waals surface area contributed by atoms with E-state index in [0.717, 1.165) is 5.56 Å². The fraction of sp³-hybridized carbons (Fsp3) is 0.214. The van der Waals surface area contributed by atoms with Crippen molar-refractivity contribution in [1.82, 2.24) is 0 Å². The van der Waals surface area contributed by atoms with E-state index in [0.29, 0.717) is 11.1 Å². The van der Waals surface area contributed by atoms with Crippen LogP contribution in [0.2, 0.25) is 0 Å². The number of rotatable bonds is 4. The van der Waals surface area contributed by atoms with Crippen molar-refractivity contribution in [2.24, 2.45) is 17.2 Å². The fourth-order valence-corrected chi connectivity index (χ4v) is 1.73. The molecule has 1 atom stereocenters. The number of carbonyl (C=O) groups is 1. The third kappa shape index (κ3) is 3.42. The van der Waals surface area contributed by atoms with Gasteiger partial charge in [-0.05, 0) is 24.1 Å². The second kappa shape index (κ2) is 5.67. The number of benzene rings is 1. The molecule has 5 nitrogen and oxygen atoms in total. The van der Waals surface area contributed by atoms with E-state index in [9.17, 15) is 4.79 Å². The summed E-state index contributed by atoms with van der Waals surface area (Å²) >= 11 is 0. The van der Waals surface area contributed by atoms with E-state index < -0.39 is 17.7 Å². The van der Waals surface area contributed by atoms with E-state index in [1.807, 2.05) is 6.11 Å². The molecular formula is C14H17N3O2. The van der Waals surface area contributed by atoms with Crippen LogP contribution in [-0.4, -0.2) is 5.97 Å². The zero-order chi connectivity index (χ0) is 14.6. The van der Waals surface area contributed by atoms with Crippen LogP contribution in [0.25, 0.3) is 6.08 Å². The van der Waals surface area contributed by atoms with E-state index in [2.05, 4.69) is 11.3 Å². The average molecular weight is 259 g/mol. The first kappa shape index (κ1) is 14.9. The number of ether oxygens (including phenoxy) is 1. The summed E-state index contributed by atoms with van der Waals surface area (Å²) in [7, 11) is 0. The molecule has 0 radical (unpaired) electrons. The van der Waals surface area contributed by atoms with Crippen LogP contribution in [0.4, 0.5) is 0 Å². The average Bonchev–Trinajstić information content (AvgIpc) is 2.36. The van der Waals surface area contributed by atoms with Gasteiger partial charge < -0.3 is 4.74 Å². The van der Waals surface area contributed by atoms with Crippen molar-refractivity contribution >= 4 is 12.0 Å². The fourth-order valence-electron chi connectivity index (χ4n) is 1.73. The lowest BCUT2D eigenvalue weighted by Gasteiger charge is -2.25. The summed E-state index contributed by atoms with van der Waals surface area (Å²) in [5.41, 5.74) is 19.0. The molecule has 5 heteroatoms. The largest absolute Gasteiger partial charge is 0.372 e. The van der Waals surface area contributed by atoms with Gasteiger partial charge in [-0.25, -0.2) is 0 Å². The predicted octanol–water partition coefficient (Wildman–Crippen LogP) is 0.553. The van der Waals surface area contributed by atoms with Crippen molar-refractivity contribution in [2.45, 2.75) is 18.6 Å². The summed E-state index contributed by atoms with van der Waals surface area (Å²) < 4.78 is 4.53. The molecule has 0 amide bonds. The number of hydrogen-bond acceptors (Lipinski definition) is 5. The van der Waals surface area contributed by atoms with Gasteiger partial charge in [0, 0.05) is 5.56 Å². The molecule has 0 spiro atoms. The summed E-state index contributed by atoms with van der Waals surface area (Å²) in [6.45, 7) is 5.29. The molecule has 0 saturated heterocycles. The second-order valence-electron chi connectivity index (χ2n) is 4.24. The Morgan fingerprint density at radius 2 is 2.16 bits per heavy atom. The first-order valence-corrected chi connectivity index (χ1v) is 5.61. The summed E-state index contributed by atoms with van der Waals surface area (Å²) in [6, 6.07) is 5.16. The van der Waals surface area contributed by atoms with E-state index in [1.165, 1.54) is 0 Å². The Morgan fingerprint density at radius 3 is 2.63 bits per heavy atom. The Hall–Kier alpha value is -2.13. The molecule has 19 heavy (non-hydrogen) atoms. The third-order valence-electron chi connectivity index (χ3n) is 2.76. The van der Waals surface area contributed by atoms with Crippen LogP contribution in [0.5, 0.6) is 0 Å². The van der Waals surface area contributed by atoms with E-state index in [4.69, 9.17) is 23.6 Å². The number of terminal acetylenes is 1. The molecule has 0 fully saturated rings. The predicted molar refractivity (Wildman–Crippen MR) is 74.1 cm³/mol. The Morgan fingerprint density at radius 1 is 1.53 bits per heavy atom. The molecule has 6 N–H and O–H groups in total. The zero-order valence-corrected chi connectivity index (χ0v) is 10.7. The van der Waals surface area contributed by atoms with Gasteiger partial charge in [0.25, 0.3) is 0 Å². The van der Waals surface area contributed by atoms with Crippen molar-refractivity contribution in [2.75, 3.05) is 0 Å². The van der Waals surface area contributed by atoms with Gasteiger partial charge in [-0.15, -0.1) is 0 Å². The summed E-state index contributed by atoms with van der Waals surface area (Å²) in [6.07, 6.45) is 8.40. The normalized spacial score (nSPS) is 12.4. The number of hydrogen-bond donors (Lipinski definition) is 3. The van der Waals surface area contributed by atoms with E-state index in [1.54, 1.807) is 31.2 Å². The van der Waals surface area contributed by atoms with Crippen LogP contribution in [0.15, 0.2) is 24.8 Å². The highest BCUT2D eigenvalue weighted by Crippen LogP contribution is 2.26. The zero-order valence-electron chi connectivity index (χ0n) is 10.7. The maximum Gasteiger partial charge on any atom is 0.327 e. The molecule has 0 bridgehead atoms. The molecule has 0 saturated carbocycles. The van der Waals surface area contributed by atoms with Gasteiger partial charge >= 0.3 is 5.97 Å². The molecule has 0 aliphatic rings. The van der Waals surface area contributed by atoms with Crippen molar-refractivity contribution in [3.05, 3.63) is 41.5 Å². The standard InChI is InChI=1S/C14H17N3O2/c1-4-10-6-7-11(9(3)13(18)19-5-2)12(8-10)14(15,16)17/h2,4,6-9H,1,15-17H2,3H3. The monoisotopic (exact) mass is 259 g/mol. The van der Waals surface area contributed by atoms with Crippen LogP contribution in [-0.2, 0) is 15.3 Å². The SMILES string of the molecule is C#COC(=O)C(C)c1ccc(C=C)cc1C(N)(N)N. The minimum atomic E-state index is -1.57. The van der Waals surface area contributed by atoms with Crippen LogP contribution in [0.3, 0.4) is 0 Å². The first-order valence-electron chi connectivity index (χ1n) is 5.61. The second-order valence-corrected chi connectivity index (χ2v) is 4.24. The topological polar surface area (TPSA) is 104 Å². The maximum absolute atomic E-state index is 11.7. The molecule has 1 unspecified atom stereocenters. The highest BCUT2D eigenvalue weighted by atomic mass is 16.5. The Labute approximate surface area is 112 Å². The Kier molecular flexibility index (Phi) is 4.46. The van der Waals surface area contributed by atoms with Crippen molar-refractivity contribution in [3.63, 3.8) is 0 Å². The molecular weight excluding hydrogens is 242 g/mol. The number of carbonyl (C=O) groups excluding carboxylic acids is 1. The van der Waals surface area contributed by atoms with Crippen LogP contribution >= 0.6 is 0 Å². The molecule has 0 aliphatic carbocycles. The summed E-state index contributed by atoms with van der Waals surface area (Å²) in [5, 5.41) is 0. The van der Waals surface area contributed by atoms with E-state index >= 15 is 0 Å². The van der Waals surface area contributed by atoms with Crippen molar-refractivity contribution in [1.29, 1.82) is 0 Å². The first-order chi connectivity index (χ1) is 8.81. The smallest absolute Gasteiger partial charge is 0.327 e. The molecule has 0 aromatic heterocycles. The van der Waals surface area contributed by atoms with Gasteiger partial charge in [0.2, 0.25) is 0 Å².